The van der Waals surface area contributed by atoms with Gasteiger partial charge in [0.2, 0.25) is 5.91 Å². The Labute approximate surface area is 104 Å². The number of rotatable bonds is 5. The zero-order valence-corrected chi connectivity index (χ0v) is 10.7. The third kappa shape index (κ3) is 3.25. The van der Waals surface area contributed by atoms with Gasteiger partial charge in [-0.3, -0.25) is 9.59 Å². The van der Waals surface area contributed by atoms with Gasteiger partial charge in [-0.25, -0.2) is 0 Å². The molecule has 0 aromatic heterocycles. The summed E-state index contributed by atoms with van der Waals surface area (Å²) in [6.45, 7) is 3.52. The summed E-state index contributed by atoms with van der Waals surface area (Å²) in [5, 5.41) is 11.4. The highest BCUT2D eigenvalue weighted by molar-refractivity contribution is 6.52. The summed E-state index contributed by atoms with van der Waals surface area (Å²) in [5.41, 5.74) is -0.741. The van der Waals surface area contributed by atoms with Crippen molar-refractivity contribution in [1.82, 2.24) is 5.32 Å². The minimum absolute atomic E-state index is 0.112. The summed E-state index contributed by atoms with van der Waals surface area (Å²) >= 11 is 11.5. The zero-order chi connectivity index (χ0) is 12.6. The number of aliphatic carboxylic acids is 1. The van der Waals surface area contributed by atoms with Gasteiger partial charge in [0.05, 0.1) is 12.3 Å². The molecule has 0 aromatic carbocycles. The Kier molecular flexibility index (Phi) is 3.75. The Hall–Kier alpha value is -0.480. The molecule has 0 bridgehead atoms. The van der Waals surface area contributed by atoms with Crippen molar-refractivity contribution in [3.05, 3.63) is 0 Å². The van der Waals surface area contributed by atoms with Crippen molar-refractivity contribution in [2.45, 2.75) is 43.0 Å². The fraction of sp³-hybridized carbons (Fsp3) is 0.800. The monoisotopic (exact) mass is 267 g/mol. The minimum atomic E-state index is -0.970. The van der Waals surface area contributed by atoms with E-state index >= 15 is 0 Å². The van der Waals surface area contributed by atoms with Crippen LogP contribution in [0.25, 0.3) is 0 Å². The fourth-order valence-electron chi connectivity index (χ4n) is 1.47. The molecule has 1 saturated carbocycles. The maximum Gasteiger partial charge on any atom is 0.305 e. The molecule has 4 nitrogen and oxygen atoms in total. The van der Waals surface area contributed by atoms with Crippen LogP contribution < -0.4 is 5.32 Å². The maximum atomic E-state index is 11.7. The molecule has 6 heteroatoms. The van der Waals surface area contributed by atoms with E-state index in [0.717, 1.165) is 0 Å². The highest BCUT2D eigenvalue weighted by Crippen LogP contribution is 2.53. The lowest BCUT2D eigenvalue weighted by Gasteiger charge is -2.28. The lowest BCUT2D eigenvalue weighted by molar-refractivity contribution is -0.139. The lowest BCUT2D eigenvalue weighted by atomic mass is 9.94. The standard InChI is InChI=1S/C10H15Cl2NO3/c1-3-9(2,5-7(14)15)13-8(16)6-4-10(6,11)12/h6H,3-5H2,1-2H3,(H,13,16)(H,14,15). The second-order valence-electron chi connectivity index (χ2n) is 4.49. The Morgan fingerprint density at radius 2 is 2.06 bits per heavy atom. The van der Waals surface area contributed by atoms with Gasteiger partial charge in [0, 0.05) is 5.54 Å². The van der Waals surface area contributed by atoms with Gasteiger partial charge in [-0.15, -0.1) is 23.2 Å². The molecule has 0 aliphatic heterocycles. The summed E-state index contributed by atoms with van der Waals surface area (Å²) in [6, 6.07) is 0. The quantitative estimate of drug-likeness (QED) is 0.749. The molecule has 1 aliphatic rings. The van der Waals surface area contributed by atoms with Crippen LogP contribution in [0.4, 0.5) is 0 Å². The topological polar surface area (TPSA) is 66.4 Å². The van der Waals surface area contributed by atoms with Crippen LogP contribution in [0.1, 0.15) is 33.1 Å². The molecule has 1 aliphatic carbocycles. The number of carboxylic acid groups (broad SMARTS) is 1. The molecule has 0 radical (unpaired) electrons. The van der Waals surface area contributed by atoms with Crippen LogP contribution in [0.3, 0.4) is 0 Å². The van der Waals surface area contributed by atoms with E-state index in [1.165, 1.54) is 0 Å². The number of hydrogen-bond acceptors (Lipinski definition) is 2. The molecule has 1 fully saturated rings. The predicted octanol–water partition coefficient (Wildman–Crippen LogP) is 1.94. The first-order valence-electron chi connectivity index (χ1n) is 5.12. The highest BCUT2D eigenvalue weighted by atomic mass is 35.5. The van der Waals surface area contributed by atoms with Gasteiger partial charge >= 0.3 is 5.97 Å². The predicted molar refractivity (Wildman–Crippen MR) is 61.6 cm³/mol. The summed E-state index contributed by atoms with van der Waals surface area (Å²) < 4.78 is -0.970. The van der Waals surface area contributed by atoms with Crippen LogP contribution in [0.15, 0.2) is 0 Å². The van der Waals surface area contributed by atoms with Gasteiger partial charge in [0.15, 0.2) is 0 Å². The SMILES string of the molecule is CCC(C)(CC(=O)O)NC(=O)C1CC1(Cl)Cl. The molecule has 0 heterocycles. The molecule has 2 unspecified atom stereocenters. The average molecular weight is 268 g/mol. The summed E-state index contributed by atoms with van der Waals surface area (Å²) in [6.07, 6.45) is 0.851. The van der Waals surface area contributed by atoms with Crippen molar-refractivity contribution < 1.29 is 14.7 Å². The van der Waals surface area contributed by atoms with E-state index in [2.05, 4.69) is 5.32 Å². The minimum Gasteiger partial charge on any atom is -0.481 e. The van der Waals surface area contributed by atoms with Crippen LogP contribution >= 0.6 is 23.2 Å². The molecule has 1 amide bonds. The van der Waals surface area contributed by atoms with Crippen LogP contribution in [-0.4, -0.2) is 26.9 Å². The molecular weight excluding hydrogens is 253 g/mol. The van der Waals surface area contributed by atoms with Crippen molar-refractivity contribution in [2.75, 3.05) is 0 Å². The first-order valence-corrected chi connectivity index (χ1v) is 5.87. The molecule has 2 N–H and O–H groups in total. The van der Waals surface area contributed by atoms with Crippen molar-refractivity contribution in [1.29, 1.82) is 0 Å². The third-order valence-corrected chi connectivity index (χ3v) is 3.72. The van der Waals surface area contributed by atoms with Crippen LogP contribution in [-0.2, 0) is 9.59 Å². The highest BCUT2D eigenvalue weighted by Gasteiger charge is 2.57. The molecular formula is C10H15Cl2NO3. The molecule has 1 rings (SSSR count). The summed E-state index contributed by atoms with van der Waals surface area (Å²) in [4.78, 5) is 22.4. The molecule has 0 saturated heterocycles. The number of carbonyl (C=O) groups excluding carboxylic acids is 1. The van der Waals surface area contributed by atoms with E-state index in [9.17, 15) is 9.59 Å². The molecule has 0 spiro atoms. The van der Waals surface area contributed by atoms with E-state index in [1.54, 1.807) is 6.92 Å². The van der Waals surface area contributed by atoms with Gasteiger partial charge in [0.25, 0.3) is 0 Å². The number of carboxylic acids is 1. The second-order valence-corrected chi connectivity index (χ2v) is 6.03. The largest absolute Gasteiger partial charge is 0.481 e. The number of amides is 1. The van der Waals surface area contributed by atoms with E-state index in [0.29, 0.717) is 12.8 Å². The van der Waals surface area contributed by atoms with Crippen LogP contribution in [0, 0.1) is 5.92 Å². The number of halogens is 2. The first kappa shape index (κ1) is 13.6. The second kappa shape index (κ2) is 4.41. The fourth-order valence-corrected chi connectivity index (χ4v) is 1.98. The van der Waals surface area contributed by atoms with E-state index in [-0.39, 0.29) is 12.3 Å². The average Bonchev–Trinajstić information content (AvgIpc) is 2.74. The normalized spacial score (nSPS) is 25.6. The molecule has 16 heavy (non-hydrogen) atoms. The van der Waals surface area contributed by atoms with Gasteiger partial charge < -0.3 is 10.4 Å². The Bertz CT molecular complexity index is 319. The van der Waals surface area contributed by atoms with Gasteiger partial charge in [-0.05, 0) is 19.8 Å². The van der Waals surface area contributed by atoms with Crippen molar-refractivity contribution in [2.24, 2.45) is 5.92 Å². The first-order chi connectivity index (χ1) is 7.20. The van der Waals surface area contributed by atoms with E-state index in [4.69, 9.17) is 28.3 Å². The number of alkyl halides is 2. The van der Waals surface area contributed by atoms with Gasteiger partial charge in [-0.1, -0.05) is 6.92 Å². The van der Waals surface area contributed by atoms with Crippen molar-refractivity contribution in [3.8, 4) is 0 Å². The zero-order valence-electron chi connectivity index (χ0n) is 9.22. The Morgan fingerprint density at radius 1 is 1.56 bits per heavy atom. The van der Waals surface area contributed by atoms with E-state index in [1.807, 2.05) is 6.92 Å². The number of carbonyl (C=O) groups is 2. The Balaban J connectivity index is 2.57. The van der Waals surface area contributed by atoms with Crippen molar-refractivity contribution in [3.63, 3.8) is 0 Å². The summed E-state index contributed by atoms with van der Waals surface area (Å²) in [7, 11) is 0. The van der Waals surface area contributed by atoms with E-state index < -0.39 is 21.8 Å². The Morgan fingerprint density at radius 3 is 2.38 bits per heavy atom. The van der Waals surface area contributed by atoms with Crippen molar-refractivity contribution >= 4 is 35.1 Å². The number of hydrogen-bond donors (Lipinski definition) is 2. The molecule has 2 atom stereocenters. The van der Waals surface area contributed by atoms with Crippen LogP contribution in [0.5, 0.6) is 0 Å². The number of nitrogens with one attached hydrogen (secondary N) is 1. The molecule has 92 valence electrons. The smallest absolute Gasteiger partial charge is 0.305 e. The maximum absolute atomic E-state index is 11.7. The summed E-state index contributed by atoms with van der Waals surface area (Å²) in [5.74, 6) is -1.63. The van der Waals surface area contributed by atoms with Crippen LogP contribution in [0.2, 0.25) is 0 Å². The molecule has 0 aromatic rings. The van der Waals surface area contributed by atoms with Gasteiger partial charge in [0.1, 0.15) is 4.33 Å². The van der Waals surface area contributed by atoms with Gasteiger partial charge in [-0.2, -0.15) is 0 Å². The third-order valence-electron chi connectivity index (χ3n) is 2.89. The lowest BCUT2D eigenvalue weighted by Crippen LogP contribution is -2.48.